The van der Waals surface area contributed by atoms with Gasteiger partial charge in [-0.3, -0.25) is 0 Å². The summed E-state index contributed by atoms with van der Waals surface area (Å²) < 4.78 is 38.2. The van der Waals surface area contributed by atoms with Crippen LogP contribution in [0.5, 0.6) is 0 Å². The second-order valence-electron chi connectivity index (χ2n) is 4.24. The zero-order chi connectivity index (χ0) is 13.9. The highest BCUT2D eigenvalue weighted by molar-refractivity contribution is 8.00. The fraction of sp³-hybridized carbons (Fsp3) is 0.385. The minimum Gasteiger partial charge on any atom is -0.347 e. The van der Waals surface area contributed by atoms with Gasteiger partial charge in [-0.15, -0.1) is 0 Å². The molecule has 1 heterocycles. The van der Waals surface area contributed by atoms with Crippen LogP contribution in [0.4, 0.5) is 13.2 Å². The van der Waals surface area contributed by atoms with Gasteiger partial charge in [0.2, 0.25) is 0 Å². The number of hydrogen-bond donors (Lipinski definition) is 1. The molecule has 2 rings (SSSR count). The van der Waals surface area contributed by atoms with E-state index in [-0.39, 0.29) is 17.5 Å². The maximum atomic E-state index is 12.1. The van der Waals surface area contributed by atoms with Gasteiger partial charge < -0.3 is 10.3 Å². The number of aromatic nitrogens is 1. The van der Waals surface area contributed by atoms with E-state index >= 15 is 0 Å². The quantitative estimate of drug-likeness (QED) is 0.914. The van der Waals surface area contributed by atoms with Crippen LogP contribution < -0.4 is 5.73 Å². The number of thioether (sulfide) groups is 1. The maximum Gasteiger partial charge on any atom is 0.441 e. The Bertz CT molecular complexity index is 548. The Kier molecular flexibility index (Phi) is 4.42. The summed E-state index contributed by atoms with van der Waals surface area (Å²) in [6.07, 6.45) is 2.60. The lowest BCUT2D eigenvalue weighted by atomic mass is 10.1. The Morgan fingerprint density at radius 1 is 1.21 bits per heavy atom. The van der Waals surface area contributed by atoms with E-state index in [0.717, 1.165) is 22.9 Å². The van der Waals surface area contributed by atoms with Gasteiger partial charge in [0.15, 0.2) is 0 Å². The molecule has 2 nitrogen and oxygen atoms in total. The number of hydrogen-bond acceptors (Lipinski definition) is 2. The number of rotatable bonds is 5. The van der Waals surface area contributed by atoms with Crippen molar-refractivity contribution in [3.05, 3.63) is 36.0 Å². The summed E-state index contributed by atoms with van der Waals surface area (Å²) in [5, 5.41) is 1.04. The van der Waals surface area contributed by atoms with Gasteiger partial charge in [0.05, 0.1) is 0 Å². The third-order valence-corrected chi connectivity index (χ3v) is 3.58. The second-order valence-corrected chi connectivity index (χ2v) is 5.40. The van der Waals surface area contributed by atoms with Gasteiger partial charge in [0.1, 0.15) is 0 Å². The Morgan fingerprint density at radius 2 is 2.00 bits per heavy atom. The van der Waals surface area contributed by atoms with E-state index in [1.54, 1.807) is 0 Å². The Morgan fingerprint density at radius 3 is 2.68 bits per heavy atom. The van der Waals surface area contributed by atoms with E-state index in [4.69, 9.17) is 5.73 Å². The zero-order valence-electron chi connectivity index (χ0n) is 10.3. The van der Waals surface area contributed by atoms with Crippen LogP contribution in [0.1, 0.15) is 5.56 Å². The third kappa shape index (κ3) is 3.91. The van der Waals surface area contributed by atoms with Crippen LogP contribution in [0.15, 0.2) is 30.5 Å². The molecule has 0 radical (unpaired) electrons. The van der Waals surface area contributed by atoms with Crippen molar-refractivity contribution in [2.24, 2.45) is 5.73 Å². The van der Waals surface area contributed by atoms with Crippen molar-refractivity contribution in [3.63, 3.8) is 0 Å². The standard InChI is InChI=1S/C13H15F3N2S/c14-13(15,16)19-8-7-18-6-4-11-2-1-10(3-5-17)9-12(11)18/h1-2,4,6,9H,3,5,7-8,17H2. The van der Waals surface area contributed by atoms with Crippen LogP contribution in [0, 0.1) is 0 Å². The van der Waals surface area contributed by atoms with E-state index in [2.05, 4.69) is 0 Å². The topological polar surface area (TPSA) is 30.9 Å². The molecule has 0 saturated carbocycles. The minimum atomic E-state index is -4.16. The monoisotopic (exact) mass is 288 g/mol. The van der Waals surface area contributed by atoms with Gasteiger partial charge in [-0.25, -0.2) is 0 Å². The lowest BCUT2D eigenvalue weighted by Gasteiger charge is -2.08. The van der Waals surface area contributed by atoms with Crippen molar-refractivity contribution < 1.29 is 13.2 Å². The van der Waals surface area contributed by atoms with Crippen LogP contribution in [0.25, 0.3) is 10.9 Å². The first-order chi connectivity index (χ1) is 8.99. The predicted molar refractivity (Wildman–Crippen MR) is 73.2 cm³/mol. The molecule has 0 aliphatic carbocycles. The summed E-state index contributed by atoms with van der Waals surface area (Å²) in [4.78, 5) is 0. The first-order valence-electron chi connectivity index (χ1n) is 5.98. The zero-order valence-corrected chi connectivity index (χ0v) is 11.1. The summed E-state index contributed by atoms with van der Waals surface area (Å²) in [6.45, 7) is 0.913. The van der Waals surface area contributed by atoms with E-state index < -0.39 is 5.51 Å². The summed E-state index contributed by atoms with van der Waals surface area (Å²) >= 11 is 0.0140. The first kappa shape index (κ1) is 14.3. The number of fused-ring (bicyclic) bond motifs is 1. The Hall–Kier alpha value is -1.14. The number of aryl methyl sites for hydroxylation is 1. The molecular formula is C13H15F3N2S. The first-order valence-corrected chi connectivity index (χ1v) is 6.97. The average Bonchev–Trinajstić information content (AvgIpc) is 2.71. The smallest absolute Gasteiger partial charge is 0.347 e. The molecule has 1 aromatic carbocycles. The summed E-state index contributed by atoms with van der Waals surface area (Å²) in [6, 6.07) is 7.90. The largest absolute Gasteiger partial charge is 0.441 e. The molecule has 0 spiro atoms. The number of alkyl halides is 3. The lowest BCUT2D eigenvalue weighted by Crippen LogP contribution is -2.06. The highest BCUT2D eigenvalue weighted by Crippen LogP contribution is 2.30. The molecule has 0 atom stereocenters. The van der Waals surface area contributed by atoms with Crippen molar-refractivity contribution in [2.75, 3.05) is 12.3 Å². The van der Waals surface area contributed by atoms with Crippen LogP contribution >= 0.6 is 11.8 Å². The van der Waals surface area contributed by atoms with Gasteiger partial charge in [-0.05, 0) is 47.8 Å². The number of benzene rings is 1. The van der Waals surface area contributed by atoms with E-state index in [9.17, 15) is 13.2 Å². The molecule has 0 bridgehead atoms. The molecule has 1 aromatic heterocycles. The van der Waals surface area contributed by atoms with Gasteiger partial charge in [0, 0.05) is 24.0 Å². The van der Waals surface area contributed by atoms with Crippen LogP contribution in [-0.4, -0.2) is 22.4 Å². The van der Waals surface area contributed by atoms with E-state index in [0.29, 0.717) is 13.1 Å². The molecule has 104 valence electrons. The molecule has 0 amide bonds. The number of nitrogens with two attached hydrogens (primary N) is 1. The van der Waals surface area contributed by atoms with Gasteiger partial charge >= 0.3 is 5.51 Å². The molecule has 2 aromatic rings. The minimum absolute atomic E-state index is 0.0140. The van der Waals surface area contributed by atoms with Crippen molar-refractivity contribution in [1.29, 1.82) is 0 Å². The average molecular weight is 288 g/mol. The highest BCUT2D eigenvalue weighted by Gasteiger charge is 2.27. The normalized spacial score (nSPS) is 12.2. The second kappa shape index (κ2) is 5.88. The van der Waals surface area contributed by atoms with Crippen molar-refractivity contribution in [3.8, 4) is 0 Å². The molecule has 0 aliphatic heterocycles. The SMILES string of the molecule is NCCc1ccc2ccn(CCSC(F)(F)F)c2c1. The van der Waals surface area contributed by atoms with Gasteiger partial charge in [-0.2, -0.15) is 13.2 Å². The summed E-state index contributed by atoms with van der Waals surface area (Å²) in [7, 11) is 0. The van der Waals surface area contributed by atoms with Crippen LogP contribution in [0.2, 0.25) is 0 Å². The fourth-order valence-corrected chi connectivity index (χ4v) is 2.53. The predicted octanol–water partition coefficient (Wildman–Crippen LogP) is 3.40. The lowest BCUT2D eigenvalue weighted by molar-refractivity contribution is -0.0328. The van der Waals surface area contributed by atoms with Crippen molar-refractivity contribution in [1.82, 2.24) is 4.57 Å². The van der Waals surface area contributed by atoms with E-state index in [1.807, 2.05) is 35.0 Å². The highest BCUT2D eigenvalue weighted by atomic mass is 32.2. The molecular weight excluding hydrogens is 273 g/mol. The Balaban J connectivity index is 2.12. The molecule has 0 fully saturated rings. The molecule has 0 unspecified atom stereocenters. The van der Waals surface area contributed by atoms with Crippen LogP contribution in [0.3, 0.4) is 0 Å². The van der Waals surface area contributed by atoms with Crippen LogP contribution in [-0.2, 0) is 13.0 Å². The Labute approximate surface area is 113 Å². The van der Waals surface area contributed by atoms with Gasteiger partial charge in [-0.1, -0.05) is 12.1 Å². The maximum absolute atomic E-state index is 12.1. The molecule has 0 saturated heterocycles. The molecule has 6 heteroatoms. The molecule has 19 heavy (non-hydrogen) atoms. The number of nitrogens with zero attached hydrogens (tertiary/aromatic N) is 1. The third-order valence-electron chi connectivity index (χ3n) is 2.87. The summed E-state index contributed by atoms with van der Waals surface area (Å²) in [5.74, 6) is 0.0222. The number of halogens is 3. The molecule has 0 aliphatic rings. The fourth-order valence-electron chi connectivity index (χ4n) is 2.01. The van der Waals surface area contributed by atoms with Gasteiger partial charge in [0.25, 0.3) is 0 Å². The molecule has 2 N–H and O–H groups in total. The summed E-state index contributed by atoms with van der Waals surface area (Å²) in [5.41, 5.74) is 3.43. The van der Waals surface area contributed by atoms with Crippen molar-refractivity contribution in [2.45, 2.75) is 18.5 Å². The van der Waals surface area contributed by atoms with Crippen molar-refractivity contribution >= 4 is 22.7 Å². The van der Waals surface area contributed by atoms with E-state index in [1.165, 1.54) is 0 Å².